The number of ether oxygens (including phenoxy) is 5. The third-order valence-electron chi connectivity index (χ3n) is 6.54. The summed E-state index contributed by atoms with van der Waals surface area (Å²) in [4.78, 5) is 25.5. The van der Waals surface area contributed by atoms with Gasteiger partial charge in [-0.15, -0.1) is 0 Å². The van der Waals surface area contributed by atoms with Gasteiger partial charge in [0.15, 0.2) is 0 Å². The molecule has 7 nitrogen and oxygen atoms in total. The fraction of sp³-hybridized carbons (Fsp3) is 0.655. The zero-order chi connectivity index (χ0) is 26.2. The molecule has 0 aliphatic carbocycles. The number of esters is 2. The highest BCUT2D eigenvalue weighted by molar-refractivity contribution is 5.94. The first-order valence-corrected chi connectivity index (χ1v) is 13.3. The van der Waals surface area contributed by atoms with E-state index in [1.165, 1.54) is 12.8 Å². The van der Waals surface area contributed by atoms with E-state index in [9.17, 15) is 9.59 Å². The van der Waals surface area contributed by atoms with E-state index in [1.54, 1.807) is 20.3 Å². The number of carbonyl (C=O) groups excluding carboxylic acids is 2. The molecule has 0 aromatic heterocycles. The van der Waals surface area contributed by atoms with E-state index in [1.807, 2.05) is 12.1 Å². The van der Waals surface area contributed by atoms with Crippen LogP contribution in [0.15, 0.2) is 30.4 Å². The number of cyclic esters (lactones) is 1. The molecule has 1 aromatic rings. The van der Waals surface area contributed by atoms with Crippen LogP contribution in [0.5, 0.6) is 5.75 Å². The Balaban J connectivity index is 2.12. The van der Waals surface area contributed by atoms with Crippen LogP contribution in [0.4, 0.5) is 0 Å². The Labute approximate surface area is 216 Å². The maximum atomic E-state index is 13.3. The Hall–Kier alpha value is -2.38. The SMILES string of the molecule is CCCCCCCC(=O)OCC[C@H]1C[C@@H](OCOC)[C@@H](C)C/C=C/Cc2cccc(OC)c2C(=O)O1. The quantitative estimate of drug-likeness (QED) is 0.140. The molecule has 2 rings (SSSR count). The summed E-state index contributed by atoms with van der Waals surface area (Å²) in [5, 5.41) is 0. The monoisotopic (exact) mass is 504 g/mol. The minimum atomic E-state index is -0.486. The van der Waals surface area contributed by atoms with E-state index in [-0.39, 0.29) is 31.4 Å². The Morgan fingerprint density at radius 1 is 1.11 bits per heavy atom. The van der Waals surface area contributed by atoms with Crippen molar-refractivity contribution in [2.75, 3.05) is 27.6 Å². The number of rotatable bonds is 13. The van der Waals surface area contributed by atoms with Crippen LogP contribution in [0.2, 0.25) is 0 Å². The van der Waals surface area contributed by atoms with Gasteiger partial charge < -0.3 is 23.7 Å². The number of fused-ring (bicyclic) bond motifs is 1. The van der Waals surface area contributed by atoms with Crippen LogP contribution in [0.3, 0.4) is 0 Å². The molecule has 1 aliphatic heterocycles. The van der Waals surface area contributed by atoms with Crippen LogP contribution in [0.25, 0.3) is 0 Å². The highest BCUT2D eigenvalue weighted by Crippen LogP contribution is 2.28. The average molecular weight is 505 g/mol. The second kappa shape index (κ2) is 17.1. The van der Waals surface area contributed by atoms with Crippen molar-refractivity contribution in [1.82, 2.24) is 0 Å². The molecule has 0 amide bonds. The maximum Gasteiger partial charge on any atom is 0.342 e. The molecule has 36 heavy (non-hydrogen) atoms. The lowest BCUT2D eigenvalue weighted by Gasteiger charge is -2.28. The summed E-state index contributed by atoms with van der Waals surface area (Å²) in [5.74, 6) is 0.0229. The molecule has 0 unspecified atom stereocenters. The number of unbranched alkanes of at least 4 members (excludes halogenated alkanes) is 4. The summed E-state index contributed by atoms with van der Waals surface area (Å²) < 4.78 is 28.1. The average Bonchev–Trinajstić information content (AvgIpc) is 2.87. The van der Waals surface area contributed by atoms with E-state index < -0.39 is 12.1 Å². The van der Waals surface area contributed by atoms with Crippen molar-refractivity contribution in [2.45, 2.75) is 90.3 Å². The molecular weight excluding hydrogens is 460 g/mol. The van der Waals surface area contributed by atoms with Gasteiger partial charge in [0.1, 0.15) is 24.2 Å². The molecule has 1 aromatic carbocycles. The van der Waals surface area contributed by atoms with Crippen LogP contribution in [-0.2, 0) is 30.2 Å². The molecule has 1 aliphatic rings. The summed E-state index contributed by atoms with van der Waals surface area (Å²) in [6, 6.07) is 5.56. The molecule has 1 heterocycles. The minimum absolute atomic E-state index is 0.156. The minimum Gasteiger partial charge on any atom is -0.496 e. The molecule has 202 valence electrons. The zero-order valence-electron chi connectivity index (χ0n) is 22.5. The van der Waals surface area contributed by atoms with Crippen molar-refractivity contribution in [2.24, 2.45) is 5.92 Å². The second-order valence-corrected chi connectivity index (χ2v) is 9.43. The molecule has 0 spiro atoms. The summed E-state index contributed by atoms with van der Waals surface area (Å²) in [5.41, 5.74) is 1.28. The van der Waals surface area contributed by atoms with Crippen molar-refractivity contribution < 1.29 is 33.3 Å². The molecule has 0 N–H and O–H groups in total. The van der Waals surface area contributed by atoms with Gasteiger partial charge in [0.2, 0.25) is 0 Å². The number of methoxy groups -OCH3 is 2. The van der Waals surface area contributed by atoms with Crippen molar-refractivity contribution in [3.8, 4) is 5.75 Å². The molecule has 0 saturated carbocycles. The smallest absolute Gasteiger partial charge is 0.342 e. The maximum absolute atomic E-state index is 13.3. The van der Waals surface area contributed by atoms with Gasteiger partial charge in [0.05, 0.1) is 19.8 Å². The van der Waals surface area contributed by atoms with Crippen LogP contribution in [-0.4, -0.2) is 51.8 Å². The first-order valence-electron chi connectivity index (χ1n) is 13.3. The van der Waals surface area contributed by atoms with Gasteiger partial charge >= 0.3 is 11.9 Å². The Morgan fingerprint density at radius 2 is 1.92 bits per heavy atom. The lowest BCUT2D eigenvalue weighted by molar-refractivity contribution is -0.144. The summed E-state index contributed by atoms with van der Waals surface area (Å²) in [6.45, 7) is 4.63. The van der Waals surface area contributed by atoms with E-state index >= 15 is 0 Å². The molecule has 0 fully saturated rings. The third kappa shape index (κ3) is 10.3. The van der Waals surface area contributed by atoms with Gasteiger partial charge in [-0.1, -0.05) is 63.8 Å². The van der Waals surface area contributed by atoms with Gasteiger partial charge in [-0.2, -0.15) is 0 Å². The van der Waals surface area contributed by atoms with Crippen LogP contribution in [0, 0.1) is 5.92 Å². The van der Waals surface area contributed by atoms with Gasteiger partial charge in [-0.25, -0.2) is 4.79 Å². The van der Waals surface area contributed by atoms with Gasteiger partial charge in [-0.05, 0) is 36.8 Å². The Kier molecular flexibility index (Phi) is 14.2. The van der Waals surface area contributed by atoms with Crippen molar-refractivity contribution >= 4 is 11.9 Å². The van der Waals surface area contributed by atoms with Crippen LogP contribution in [0.1, 0.15) is 87.6 Å². The Morgan fingerprint density at radius 3 is 2.67 bits per heavy atom. The van der Waals surface area contributed by atoms with Crippen molar-refractivity contribution in [3.05, 3.63) is 41.5 Å². The highest BCUT2D eigenvalue weighted by atomic mass is 16.7. The number of carbonyl (C=O) groups is 2. The highest BCUT2D eigenvalue weighted by Gasteiger charge is 2.28. The molecule has 7 heteroatoms. The summed E-state index contributed by atoms with van der Waals surface area (Å²) in [7, 11) is 3.13. The fourth-order valence-corrected chi connectivity index (χ4v) is 4.39. The number of allylic oxidation sites excluding steroid dienone is 2. The molecular formula is C29H44O7. The molecule has 0 saturated heterocycles. The first-order chi connectivity index (χ1) is 17.5. The van der Waals surface area contributed by atoms with Crippen LogP contribution >= 0.6 is 0 Å². The molecule has 3 atom stereocenters. The fourth-order valence-electron chi connectivity index (χ4n) is 4.39. The number of hydrogen-bond acceptors (Lipinski definition) is 7. The second-order valence-electron chi connectivity index (χ2n) is 9.43. The van der Waals surface area contributed by atoms with Gasteiger partial charge in [0.25, 0.3) is 0 Å². The molecule has 0 radical (unpaired) electrons. The lowest BCUT2D eigenvalue weighted by atomic mass is 9.93. The summed E-state index contributed by atoms with van der Waals surface area (Å²) in [6.07, 6.45) is 11.6. The van der Waals surface area contributed by atoms with Crippen LogP contribution < -0.4 is 4.74 Å². The lowest BCUT2D eigenvalue weighted by Crippen LogP contribution is -2.32. The van der Waals surface area contributed by atoms with Crippen molar-refractivity contribution in [3.63, 3.8) is 0 Å². The van der Waals surface area contributed by atoms with Gasteiger partial charge in [-0.3, -0.25) is 4.79 Å². The standard InChI is InChI=1S/C29H44O7/c1-5-6-7-8-9-17-27(30)34-19-18-24-20-26(35-21-32-3)22(2)13-10-11-14-23-15-12-16-25(33-4)28(23)29(31)36-24/h10-12,15-16,22,24,26H,5-9,13-14,17-21H2,1-4H3/b11-10+/t22-,24-,26+/m0/s1. The predicted molar refractivity (Wildman–Crippen MR) is 139 cm³/mol. The normalized spacial score (nSPS) is 21.4. The van der Waals surface area contributed by atoms with Crippen molar-refractivity contribution in [1.29, 1.82) is 0 Å². The molecule has 0 bridgehead atoms. The van der Waals surface area contributed by atoms with E-state index in [4.69, 9.17) is 23.7 Å². The zero-order valence-corrected chi connectivity index (χ0v) is 22.5. The number of benzene rings is 1. The number of hydrogen-bond donors (Lipinski definition) is 0. The summed E-state index contributed by atoms with van der Waals surface area (Å²) >= 11 is 0. The third-order valence-corrected chi connectivity index (χ3v) is 6.54. The van der Waals surface area contributed by atoms with E-state index in [0.717, 1.165) is 31.2 Å². The predicted octanol–water partition coefficient (Wildman–Crippen LogP) is 6.03. The topological polar surface area (TPSA) is 80.3 Å². The Bertz CT molecular complexity index is 820. The van der Waals surface area contributed by atoms with E-state index in [0.29, 0.717) is 37.0 Å². The van der Waals surface area contributed by atoms with Gasteiger partial charge in [0, 0.05) is 26.4 Å². The van der Waals surface area contributed by atoms with E-state index in [2.05, 4.69) is 26.0 Å². The first kappa shape index (κ1) is 29.8. The largest absolute Gasteiger partial charge is 0.496 e.